The molecule has 0 aliphatic carbocycles. The van der Waals surface area contributed by atoms with Gasteiger partial charge >= 0.3 is 6.09 Å². The number of carbonyl (C=O) groups is 1. The molecule has 1 unspecified atom stereocenters. The summed E-state index contributed by atoms with van der Waals surface area (Å²) >= 11 is 6.09. The summed E-state index contributed by atoms with van der Waals surface area (Å²) in [7, 11) is 1.88. The highest BCUT2D eigenvalue weighted by molar-refractivity contribution is 6.30. The van der Waals surface area contributed by atoms with E-state index in [1.54, 1.807) is 16.9 Å². The third-order valence-electron chi connectivity index (χ3n) is 4.40. The lowest BCUT2D eigenvalue weighted by molar-refractivity contribution is 0.189. The predicted octanol–water partition coefficient (Wildman–Crippen LogP) is 3.50. The SMILES string of the molecule is Cn1ncc2cc(Cl)nc(CNCCCC(NC(=O)O)c3ccccc3)c21. The predicted molar refractivity (Wildman–Crippen MR) is 105 cm³/mol. The minimum Gasteiger partial charge on any atom is -0.465 e. The van der Waals surface area contributed by atoms with Crippen molar-refractivity contribution in [3.8, 4) is 0 Å². The van der Waals surface area contributed by atoms with Crippen LogP contribution in [0, 0.1) is 0 Å². The van der Waals surface area contributed by atoms with Crippen molar-refractivity contribution in [2.45, 2.75) is 25.4 Å². The number of benzene rings is 1. The first-order chi connectivity index (χ1) is 13.0. The van der Waals surface area contributed by atoms with Crippen LogP contribution in [0.2, 0.25) is 5.15 Å². The molecule has 3 aromatic rings. The molecule has 27 heavy (non-hydrogen) atoms. The van der Waals surface area contributed by atoms with Gasteiger partial charge in [0.15, 0.2) is 0 Å². The Bertz CT molecular complexity index is 913. The molecule has 0 saturated heterocycles. The molecule has 7 nitrogen and oxygen atoms in total. The first kappa shape index (κ1) is 19.1. The number of carboxylic acid groups (broad SMARTS) is 1. The number of pyridine rings is 1. The van der Waals surface area contributed by atoms with Crippen LogP contribution < -0.4 is 10.6 Å². The number of hydrogen-bond acceptors (Lipinski definition) is 4. The summed E-state index contributed by atoms with van der Waals surface area (Å²) in [6.45, 7) is 1.30. The maximum atomic E-state index is 11.1. The van der Waals surface area contributed by atoms with E-state index in [9.17, 15) is 4.79 Å². The van der Waals surface area contributed by atoms with Crippen LogP contribution in [0.25, 0.3) is 10.9 Å². The molecular weight excluding hydrogens is 366 g/mol. The third-order valence-corrected chi connectivity index (χ3v) is 4.59. The number of hydrogen-bond donors (Lipinski definition) is 3. The summed E-state index contributed by atoms with van der Waals surface area (Å²) in [6, 6.07) is 11.2. The van der Waals surface area contributed by atoms with E-state index in [-0.39, 0.29) is 6.04 Å². The van der Waals surface area contributed by atoms with Crippen LogP contribution in [0.1, 0.15) is 30.1 Å². The van der Waals surface area contributed by atoms with Crippen LogP contribution in [-0.2, 0) is 13.6 Å². The second-order valence-corrected chi connectivity index (χ2v) is 6.72. The van der Waals surface area contributed by atoms with E-state index in [4.69, 9.17) is 16.7 Å². The number of nitrogens with one attached hydrogen (secondary N) is 2. The minimum atomic E-state index is -1.02. The van der Waals surface area contributed by atoms with Crippen LogP contribution in [0.3, 0.4) is 0 Å². The van der Waals surface area contributed by atoms with E-state index >= 15 is 0 Å². The van der Waals surface area contributed by atoms with Gasteiger partial charge in [0.25, 0.3) is 0 Å². The second kappa shape index (κ2) is 8.83. The monoisotopic (exact) mass is 387 g/mol. The number of aromatic nitrogens is 3. The molecule has 1 aromatic carbocycles. The summed E-state index contributed by atoms with van der Waals surface area (Å²) in [4.78, 5) is 15.5. The smallest absolute Gasteiger partial charge is 0.405 e. The van der Waals surface area contributed by atoms with Crippen LogP contribution >= 0.6 is 11.6 Å². The second-order valence-electron chi connectivity index (χ2n) is 6.33. The Labute approximate surface area is 162 Å². The molecule has 0 aliphatic heterocycles. The van der Waals surface area contributed by atoms with Crippen molar-refractivity contribution in [2.75, 3.05) is 6.54 Å². The quantitative estimate of drug-likeness (QED) is 0.406. The first-order valence-electron chi connectivity index (χ1n) is 8.77. The Morgan fingerprint density at radius 1 is 1.33 bits per heavy atom. The van der Waals surface area contributed by atoms with Gasteiger partial charge < -0.3 is 15.7 Å². The third kappa shape index (κ3) is 4.96. The van der Waals surface area contributed by atoms with Gasteiger partial charge in [-0.3, -0.25) is 4.68 Å². The average molecular weight is 388 g/mol. The molecule has 0 saturated carbocycles. The Balaban J connectivity index is 1.55. The Morgan fingerprint density at radius 2 is 2.11 bits per heavy atom. The maximum Gasteiger partial charge on any atom is 0.405 e. The van der Waals surface area contributed by atoms with Crippen molar-refractivity contribution < 1.29 is 9.90 Å². The van der Waals surface area contributed by atoms with Crippen LogP contribution in [-0.4, -0.2) is 32.5 Å². The van der Waals surface area contributed by atoms with Crippen molar-refractivity contribution >= 4 is 28.6 Å². The van der Waals surface area contributed by atoms with Crippen LogP contribution in [0.4, 0.5) is 4.79 Å². The lowest BCUT2D eigenvalue weighted by Crippen LogP contribution is -2.27. The minimum absolute atomic E-state index is 0.224. The number of aryl methyl sites for hydroxylation is 1. The lowest BCUT2D eigenvalue weighted by atomic mass is 10.0. The van der Waals surface area contributed by atoms with Gasteiger partial charge in [0, 0.05) is 19.0 Å². The summed E-state index contributed by atoms with van der Waals surface area (Å²) in [6.07, 6.45) is 2.27. The molecule has 2 heterocycles. The maximum absolute atomic E-state index is 11.1. The summed E-state index contributed by atoms with van der Waals surface area (Å²) in [5.74, 6) is 0. The first-order valence-corrected chi connectivity index (χ1v) is 9.14. The Kier molecular flexibility index (Phi) is 6.26. The molecule has 1 amide bonds. The van der Waals surface area contributed by atoms with Gasteiger partial charge in [0.1, 0.15) is 5.15 Å². The zero-order valence-electron chi connectivity index (χ0n) is 15.0. The highest BCUT2D eigenvalue weighted by Crippen LogP contribution is 2.21. The highest BCUT2D eigenvalue weighted by Gasteiger charge is 2.13. The Hall–Kier alpha value is -2.64. The molecular formula is C19H22ClN5O2. The fourth-order valence-electron chi connectivity index (χ4n) is 3.17. The van der Waals surface area contributed by atoms with E-state index in [0.29, 0.717) is 18.1 Å². The van der Waals surface area contributed by atoms with E-state index < -0.39 is 6.09 Å². The zero-order chi connectivity index (χ0) is 19.2. The standard InChI is InChI=1S/C19H22ClN5O2/c1-25-18-14(11-22-25)10-17(20)23-16(18)12-21-9-5-8-15(24-19(26)27)13-6-3-2-4-7-13/h2-4,6-7,10-11,15,21,24H,5,8-9,12H2,1H3,(H,26,27). The molecule has 0 bridgehead atoms. The van der Waals surface area contributed by atoms with Crippen LogP contribution in [0.15, 0.2) is 42.6 Å². The molecule has 0 spiro atoms. The molecule has 3 rings (SSSR count). The van der Waals surface area contributed by atoms with Crippen molar-refractivity contribution in [1.29, 1.82) is 0 Å². The number of amides is 1. The van der Waals surface area contributed by atoms with Gasteiger partial charge in [-0.05, 0) is 31.0 Å². The van der Waals surface area contributed by atoms with Crippen molar-refractivity contribution in [1.82, 2.24) is 25.4 Å². The van der Waals surface area contributed by atoms with Crippen molar-refractivity contribution in [3.05, 3.63) is 59.0 Å². The zero-order valence-corrected chi connectivity index (χ0v) is 15.8. The van der Waals surface area contributed by atoms with Gasteiger partial charge in [-0.15, -0.1) is 0 Å². The van der Waals surface area contributed by atoms with Gasteiger partial charge in [-0.2, -0.15) is 5.10 Å². The molecule has 142 valence electrons. The average Bonchev–Trinajstić information content (AvgIpc) is 3.01. The largest absolute Gasteiger partial charge is 0.465 e. The van der Waals surface area contributed by atoms with Crippen LogP contribution in [0.5, 0.6) is 0 Å². The fraction of sp³-hybridized carbons (Fsp3) is 0.316. The Morgan fingerprint density at radius 3 is 2.85 bits per heavy atom. The topological polar surface area (TPSA) is 92.1 Å². The molecule has 2 aromatic heterocycles. The highest BCUT2D eigenvalue weighted by atomic mass is 35.5. The fourth-order valence-corrected chi connectivity index (χ4v) is 3.39. The van der Waals surface area contributed by atoms with Crippen molar-refractivity contribution in [2.24, 2.45) is 7.05 Å². The van der Waals surface area contributed by atoms with Gasteiger partial charge in [-0.25, -0.2) is 9.78 Å². The van der Waals surface area contributed by atoms with Gasteiger partial charge in [0.2, 0.25) is 0 Å². The molecule has 0 aliphatic rings. The van der Waals surface area contributed by atoms with Gasteiger partial charge in [0.05, 0.1) is 23.4 Å². The summed E-state index contributed by atoms with van der Waals surface area (Å²) in [5, 5.41) is 20.7. The summed E-state index contributed by atoms with van der Waals surface area (Å²) < 4.78 is 1.79. The number of halogens is 1. The van der Waals surface area contributed by atoms with E-state index in [1.165, 1.54) is 0 Å². The molecule has 1 atom stereocenters. The molecule has 0 fully saturated rings. The summed E-state index contributed by atoms with van der Waals surface area (Å²) in [5.41, 5.74) is 2.77. The number of fused-ring (bicyclic) bond motifs is 1. The lowest BCUT2D eigenvalue weighted by Gasteiger charge is -2.17. The van der Waals surface area contributed by atoms with E-state index in [2.05, 4.69) is 20.7 Å². The normalized spacial score (nSPS) is 12.2. The van der Waals surface area contributed by atoms with Gasteiger partial charge in [-0.1, -0.05) is 41.9 Å². The molecule has 3 N–H and O–H groups in total. The van der Waals surface area contributed by atoms with Crippen molar-refractivity contribution in [3.63, 3.8) is 0 Å². The van der Waals surface area contributed by atoms with E-state index in [1.807, 2.05) is 37.4 Å². The number of nitrogens with zero attached hydrogens (tertiary/aromatic N) is 3. The van der Waals surface area contributed by atoms with E-state index in [0.717, 1.165) is 35.1 Å². The number of rotatable bonds is 8. The molecule has 8 heteroatoms. The molecule has 0 radical (unpaired) electrons.